The summed E-state index contributed by atoms with van der Waals surface area (Å²) < 4.78 is 0. The normalized spacial score (nSPS) is 24.6. The number of carboxylic acids is 2. The molecule has 0 aromatic rings. The maximum atomic E-state index is 10.6. The first kappa shape index (κ1) is 13.7. The topological polar surface area (TPSA) is 74.6 Å². The molecule has 1 rings (SSSR count). The summed E-state index contributed by atoms with van der Waals surface area (Å²) in [7, 11) is 0. The predicted molar refractivity (Wildman–Crippen MR) is 56.6 cm³/mol. The van der Waals surface area contributed by atoms with Crippen LogP contribution in [0.15, 0.2) is 12.7 Å². The van der Waals surface area contributed by atoms with Crippen molar-refractivity contribution < 1.29 is 19.8 Å². The van der Waals surface area contributed by atoms with E-state index >= 15 is 0 Å². The third-order valence-corrected chi connectivity index (χ3v) is 2.40. The Labute approximate surface area is 89.6 Å². The van der Waals surface area contributed by atoms with Gasteiger partial charge in [-0.2, -0.15) is 0 Å². The lowest BCUT2D eigenvalue weighted by molar-refractivity contribution is -0.155. The van der Waals surface area contributed by atoms with Gasteiger partial charge in [-0.1, -0.05) is 18.9 Å². The molecule has 4 nitrogen and oxygen atoms in total. The van der Waals surface area contributed by atoms with E-state index in [2.05, 4.69) is 6.58 Å². The summed E-state index contributed by atoms with van der Waals surface area (Å²) in [5.41, 5.74) is 0. The number of carboxylic acid groups (broad SMARTS) is 2. The van der Waals surface area contributed by atoms with Crippen LogP contribution < -0.4 is 0 Å². The monoisotopic (exact) mass is 214 g/mol. The molecule has 0 saturated heterocycles. The van der Waals surface area contributed by atoms with Crippen LogP contribution in [0.5, 0.6) is 0 Å². The molecule has 86 valence electrons. The molecule has 1 fully saturated rings. The summed E-state index contributed by atoms with van der Waals surface area (Å²) >= 11 is 0. The van der Waals surface area contributed by atoms with Crippen LogP contribution in [0.2, 0.25) is 0 Å². The minimum atomic E-state index is -0.970. The highest BCUT2D eigenvalue weighted by Crippen LogP contribution is 2.30. The van der Waals surface area contributed by atoms with E-state index < -0.39 is 23.8 Å². The molecule has 0 aliphatic heterocycles. The van der Waals surface area contributed by atoms with Crippen LogP contribution in [0.1, 0.15) is 32.6 Å². The molecular weight excluding hydrogens is 196 g/mol. The lowest BCUT2D eigenvalue weighted by Crippen LogP contribution is -2.32. The van der Waals surface area contributed by atoms with Gasteiger partial charge in [0, 0.05) is 0 Å². The highest BCUT2D eigenvalue weighted by atomic mass is 16.4. The van der Waals surface area contributed by atoms with E-state index in [1.807, 2.05) is 6.92 Å². The van der Waals surface area contributed by atoms with Crippen molar-refractivity contribution in [2.75, 3.05) is 0 Å². The minimum Gasteiger partial charge on any atom is -0.481 e. The maximum Gasteiger partial charge on any atom is 0.307 e. The van der Waals surface area contributed by atoms with Crippen molar-refractivity contribution >= 4 is 11.9 Å². The lowest BCUT2D eigenvalue weighted by atomic mass is 9.79. The number of allylic oxidation sites excluding steroid dienone is 1. The first-order chi connectivity index (χ1) is 7.04. The Hall–Kier alpha value is -1.32. The molecule has 0 aromatic carbocycles. The van der Waals surface area contributed by atoms with Gasteiger partial charge in [0.15, 0.2) is 0 Å². The lowest BCUT2D eigenvalue weighted by Gasteiger charge is -2.24. The quantitative estimate of drug-likeness (QED) is 0.691. The molecule has 2 N–H and O–H groups in total. The smallest absolute Gasteiger partial charge is 0.307 e. The zero-order chi connectivity index (χ0) is 11.8. The molecular formula is C11H18O4. The SMILES string of the molecule is C=CC.O=C(O)C1CCCCC1C(=O)O. The summed E-state index contributed by atoms with van der Waals surface area (Å²) in [6.45, 7) is 5.25. The zero-order valence-corrected chi connectivity index (χ0v) is 8.98. The average molecular weight is 214 g/mol. The fourth-order valence-corrected chi connectivity index (χ4v) is 1.72. The number of hydrogen-bond donors (Lipinski definition) is 2. The van der Waals surface area contributed by atoms with Crippen LogP contribution in [0.4, 0.5) is 0 Å². The van der Waals surface area contributed by atoms with Crippen molar-refractivity contribution in [3.63, 3.8) is 0 Å². The van der Waals surface area contributed by atoms with Gasteiger partial charge in [0.1, 0.15) is 0 Å². The van der Waals surface area contributed by atoms with Crippen LogP contribution in [0.3, 0.4) is 0 Å². The zero-order valence-electron chi connectivity index (χ0n) is 8.98. The van der Waals surface area contributed by atoms with Crippen LogP contribution in [0.25, 0.3) is 0 Å². The molecule has 0 radical (unpaired) electrons. The van der Waals surface area contributed by atoms with Crippen molar-refractivity contribution in [3.8, 4) is 0 Å². The molecule has 0 bridgehead atoms. The van der Waals surface area contributed by atoms with Gasteiger partial charge in [0.25, 0.3) is 0 Å². The van der Waals surface area contributed by atoms with Crippen LogP contribution >= 0.6 is 0 Å². The van der Waals surface area contributed by atoms with Gasteiger partial charge in [0.2, 0.25) is 0 Å². The number of hydrogen-bond acceptors (Lipinski definition) is 2. The minimum absolute atomic E-state index is 0.506. The van der Waals surface area contributed by atoms with E-state index in [9.17, 15) is 9.59 Å². The van der Waals surface area contributed by atoms with Crippen molar-refractivity contribution in [3.05, 3.63) is 12.7 Å². The van der Waals surface area contributed by atoms with Gasteiger partial charge in [-0.05, 0) is 19.8 Å². The highest BCUT2D eigenvalue weighted by molar-refractivity contribution is 5.80. The van der Waals surface area contributed by atoms with Crippen molar-refractivity contribution in [2.45, 2.75) is 32.6 Å². The summed E-state index contributed by atoms with van der Waals surface area (Å²) in [6.07, 6.45) is 4.43. The standard InChI is InChI=1S/C8H12O4.C3H6/c9-7(10)5-3-1-2-4-6(5)8(11)12;1-3-2/h5-6H,1-4H2,(H,9,10)(H,11,12);3H,1H2,2H3. The van der Waals surface area contributed by atoms with E-state index in [4.69, 9.17) is 10.2 Å². The molecule has 0 spiro atoms. The molecule has 4 heteroatoms. The van der Waals surface area contributed by atoms with Gasteiger partial charge >= 0.3 is 11.9 Å². The molecule has 1 aliphatic rings. The maximum absolute atomic E-state index is 10.6. The van der Waals surface area contributed by atoms with Crippen LogP contribution in [0, 0.1) is 11.8 Å². The molecule has 0 heterocycles. The van der Waals surface area contributed by atoms with Gasteiger partial charge in [0.05, 0.1) is 11.8 Å². The van der Waals surface area contributed by atoms with E-state index in [1.165, 1.54) is 0 Å². The van der Waals surface area contributed by atoms with E-state index in [0.717, 1.165) is 12.8 Å². The molecule has 2 unspecified atom stereocenters. The van der Waals surface area contributed by atoms with Crippen molar-refractivity contribution in [1.29, 1.82) is 0 Å². The predicted octanol–water partition coefficient (Wildman–Crippen LogP) is 2.15. The molecule has 0 amide bonds. The van der Waals surface area contributed by atoms with Crippen molar-refractivity contribution in [2.24, 2.45) is 11.8 Å². The van der Waals surface area contributed by atoms with Gasteiger partial charge < -0.3 is 10.2 Å². The summed E-state index contributed by atoms with van der Waals surface area (Å²) in [5, 5.41) is 17.4. The van der Waals surface area contributed by atoms with Gasteiger partial charge in [-0.15, -0.1) is 6.58 Å². The first-order valence-corrected chi connectivity index (χ1v) is 5.07. The Bertz CT molecular complexity index is 213. The van der Waals surface area contributed by atoms with E-state index in [-0.39, 0.29) is 0 Å². The summed E-state index contributed by atoms with van der Waals surface area (Å²) in [6, 6.07) is 0. The Morgan fingerprint density at radius 2 is 1.40 bits per heavy atom. The van der Waals surface area contributed by atoms with E-state index in [0.29, 0.717) is 12.8 Å². The molecule has 1 saturated carbocycles. The second-order valence-corrected chi connectivity index (χ2v) is 3.58. The summed E-state index contributed by atoms with van der Waals surface area (Å²) in [5.74, 6) is -3.28. The third kappa shape index (κ3) is 4.63. The summed E-state index contributed by atoms with van der Waals surface area (Å²) in [4.78, 5) is 21.2. The van der Waals surface area contributed by atoms with Crippen molar-refractivity contribution in [1.82, 2.24) is 0 Å². The number of aliphatic carboxylic acids is 2. The Morgan fingerprint density at radius 1 is 1.13 bits per heavy atom. The number of carbonyl (C=O) groups is 2. The second kappa shape index (κ2) is 7.04. The van der Waals surface area contributed by atoms with E-state index in [1.54, 1.807) is 6.08 Å². The first-order valence-electron chi connectivity index (χ1n) is 5.07. The van der Waals surface area contributed by atoms with Crippen LogP contribution in [-0.4, -0.2) is 22.2 Å². The fraction of sp³-hybridized carbons (Fsp3) is 0.636. The Morgan fingerprint density at radius 3 is 1.60 bits per heavy atom. The molecule has 15 heavy (non-hydrogen) atoms. The largest absolute Gasteiger partial charge is 0.481 e. The third-order valence-electron chi connectivity index (χ3n) is 2.40. The Balaban J connectivity index is 0.000000583. The van der Waals surface area contributed by atoms with Gasteiger partial charge in [-0.25, -0.2) is 0 Å². The number of rotatable bonds is 2. The highest BCUT2D eigenvalue weighted by Gasteiger charge is 2.35. The van der Waals surface area contributed by atoms with Gasteiger partial charge in [-0.3, -0.25) is 9.59 Å². The molecule has 2 atom stereocenters. The second-order valence-electron chi connectivity index (χ2n) is 3.58. The molecule has 1 aliphatic carbocycles. The Kier molecular flexibility index (Phi) is 6.42. The average Bonchev–Trinajstić information content (AvgIpc) is 2.19. The molecule has 0 aromatic heterocycles. The fourth-order valence-electron chi connectivity index (χ4n) is 1.72. The van der Waals surface area contributed by atoms with Crippen LogP contribution in [-0.2, 0) is 9.59 Å².